The number of hydrogen-bond acceptors (Lipinski definition) is 3. The van der Waals surface area contributed by atoms with Crippen LogP contribution >= 0.6 is 0 Å². The van der Waals surface area contributed by atoms with Gasteiger partial charge in [0.2, 0.25) is 5.91 Å². The average molecular weight is 227 g/mol. The first-order valence-corrected chi connectivity index (χ1v) is 5.29. The highest BCUT2D eigenvalue weighted by Crippen LogP contribution is 2.12. The van der Waals surface area contributed by atoms with Crippen molar-refractivity contribution in [3.05, 3.63) is 60.4 Å². The molecule has 0 aliphatic heterocycles. The van der Waals surface area contributed by atoms with E-state index < -0.39 is 6.04 Å². The van der Waals surface area contributed by atoms with E-state index in [1.54, 1.807) is 24.5 Å². The summed E-state index contributed by atoms with van der Waals surface area (Å²) in [6.45, 7) is 0. The molecule has 0 spiro atoms. The normalized spacial score (nSPS) is 11.8. The molecule has 1 unspecified atom stereocenters. The molecule has 1 aromatic heterocycles. The van der Waals surface area contributed by atoms with Crippen molar-refractivity contribution in [3.63, 3.8) is 0 Å². The Bertz CT molecular complexity index is 485. The Labute approximate surface area is 99.5 Å². The highest BCUT2D eigenvalue weighted by atomic mass is 16.2. The lowest BCUT2D eigenvalue weighted by Gasteiger charge is -2.12. The fourth-order valence-electron chi connectivity index (χ4n) is 1.47. The smallest absolute Gasteiger partial charge is 0.245 e. The molecule has 0 fully saturated rings. The summed E-state index contributed by atoms with van der Waals surface area (Å²) in [6, 6.07) is 12.1. The van der Waals surface area contributed by atoms with Crippen molar-refractivity contribution in [1.82, 2.24) is 4.98 Å². The van der Waals surface area contributed by atoms with E-state index in [4.69, 9.17) is 5.73 Å². The number of carbonyl (C=O) groups is 1. The molecule has 0 bridgehead atoms. The Kier molecular flexibility index (Phi) is 3.47. The predicted octanol–water partition coefficient (Wildman–Crippen LogP) is 1.72. The second kappa shape index (κ2) is 5.23. The van der Waals surface area contributed by atoms with Gasteiger partial charge in [-0.05, 0) is 17.7 Å². The van der Waals surface area contributed by atoms with E-state index >= 15 is 0 Å². The van der Waals surface area contributed by atoms with Crippen molar-refractivity contribution in [1.29, 1.82) is 0 Å². The second-order valence-corrected chi connectivity index (χ2v) is 3.62. The molecule has 4 heteroatoms. The number of nitrogens with one attached hydrogen (secondary N) is 1. The van der Waals surface area contributed by atoms with Crippen LogP contribution in [0.4, 0.5) is 5.69 Å². The van der Waals surface area contributed by atoms with Gasteiger partial charge in [-0.15, -0.1) is 0 Å². The zero-order valence-electron chi connectivity index (χ0n) is 9.21. The molecule has 2 rings (SSSR count). The van der Waals surface area contributed by atoms with Crippen LogP contribution in [0.15, 0.2) is 54.9 Å². The third kappa shape index (κ3) is 2.89. The van der Waals surface area contributed by atoms with Crippen LogP contribution in [0.25, 0.3) is 0 Å². The van der Waals surface area contributed by atoms with E-state index in [-0.39, 0.29) is 5.91 Å². The van der Waals surface area contributed by atoms with Gasteiger partial charge in [0, 0.05) is 6.20 Å². The molecule has 2 aromatic rings. The monoisotopic (exact) mass is 227 g/mol. The first-order chi connectivity index (χ1) is 8.27. The Balaban J connectivity index is 2.06. The van der Waals surface area contributed by atoms with E-state index in [2.05, 4.69) is 10.3 Å². The number of pyridine rings is 1. The van der Waals surface area contributed by atoms with Crippen molar-refractivity contribution in [2.75, 3.05) is 5.32 Å². The number of carbonyl (C=O) groups excluding carboxylic acids is 1. The first-order valence-electron chi connectivity index (χ1n) is 5.29. The molecule has 0 saturated heterocycles. The molecule has 1 atom stereocenters. The van der Waals surface area contributed by atoms with Gasteiger partial charge in [0.05, 0.1) is 11.9 Å². The molecule has 0 aliphatic carbocycles. The highest BCUT2D eigenvalue weighted by molar-refractivity contribution is 5.95. The number of nitrogens with zero attached hydrogens (tertiary/aromatic N) is 1. The zero-order valence-corrected chi connectivity index (χ0v) is 9.21. The van der Waals surface area contributed by atoms with Crippen LogP contribution in [0.3, 0.4) is 0 Å². The van der Waals surface area contributed by atoms with Crippen molar-refractivity contribution in [2.45, 2.75) is 6.04 Å². The van der Waals surface area contributed by atoms with Crippen molar-refractivity contribution in [3.8, 4) is 0 Å². The van der Waals surface area contributed by atoms with Crippen LogP contribution < -0.4 is 11.1 Å². The maximum Gasteiger partial charge on any atom is 0.245 e. The van der Waals surface area contributed by atoms with Gasteiger partial charge in [0.1, 0.15) is 6.04 Å². The Hall–Kier alpha value is -2.20. The van der Waals surface area contributed by atoms with Gasteiger partial charge >= 0.3 is 0 Å². The standard InChI is InChI=1S/C13H13N3O/c14-12(10-5-2-1-3-6-10)13(17)16-11-7-4-8-15-9-11/h1-9,12H,14H2,(H,16,17). The van der Waals surface area contributed by atoms with Crippen molar-refractivity contribution >= 4 is 11.6 Å². The van der Waals surface area contributed by atoms with Crippen LogP contribution in [0, 0.1) is 0 Å². The highest BCUT2D eigenvalue weighted by Gasteiger charge is 2.15. The summed E-state index contributed by atoms with van der Waals surface area (Å²) >= 11 is 0. The van der Waals surface area contributed by atoms with E-state index in [1.165, 1.54) is 0 Å². The number of anilines is 1. The first kappa shape index (κ1) is 11.3. The molecule has 3 N–H and O–H groups in total. The Morgan fingerprint density at radius 2 is 1.94 bits per heavy atom. The maximum atomic E-state index is 11.8. The molecule has 0 saturated carbocycles. The van der Waals surface area contributed by atoms with Crippen LogP contribution in [-0.2, 0) is 4.79 Å². The fourth-order valence-corrected chi connectivity index (χ4v) is 1.47. The van der Waals surface area contributed by atoms with Crippen LogP contribution in [-0.4, -0.2) is 10.9 Å². The molecule has 17 heavy (non-hydrogen) atoms. The molecule has 1 heterocycles. The largest absolute Gasteiger partial charge is 0.323 e. The lowest BCUT2D eigenvalue weighted by atomic mass is 10.1. The summed E-state index contributed by atoms with van der Waals surface area (Å²) in [4.78, 5) is 15.8. The number of rotatable bonds is 3. The quantitative estimate of drug-likeness (QED) is 0.838. The number of aromatic nitrogens is 1. The van der Waals surface area contributed by atoms with E-state index in [9.17, 15) is 4.79 Å². The summed E-state index contributed by atoms with van der Waals surface area (Å²) in [6.07, 6.45) is 3.22. The molecule has 4 nitrogen and oxygen atoms in total. The molecular weight excluding hydrogens is 214 g/mol. The summed E-state index contributed by atoms with van der Waals surface area (Å²) in [7, 11) is 0. The number of benzene rings is 1. The number of amides is 1. The predicted molar refractivity (Wildman–Crippen MR) is 66.2 cm³/mol. The Morgan fingerprint density at radius 1 is 1.18 bits per heavy atom. The van der Waals surface area contributed by atoms with Gasteiger partial charge in [0.25, 0.3) is 0 Å². The van der Waals surface area contributed by atoms with Gasteiger partial charge in [-0.25, -0.2) is 0 Å². The second-order valence-electron chi connectivity index (χ2n) is 3.62. The molecule has 0 aliphatic rings. The molecule has 0 radical (unpaired) electrons. The van der Waals surface area contributed by atoms with E-state index in [1.807, 2.05) is 30.3 Å². The minimum Gasteiger partial charge on any atom is -0.323 e. The van der Waals surface area contributed by atoms with Gasteiger partial charge < -0.3 is 11.1 Å². The van der Waals surface area contributed by atoms with Gasteiger partial charge in [-0.3, -0.25) is 9.78 Å². The molecule has 86 valence electrons. The zero-order chi connectivity index (χ0) is 12.1. The topological polar surface area (TPSA) is 68.0 Å². The minimum atomic E-state index is -0.670. The minimum absolute atomic E-state index is 0.246. The third-order valence-corrected chi connectivity index (χ3v) is 2.37. The third-order valence-electron chi connectivity index (χ3n) is 2.37. The molecule has 1 aromatic carbocycles. The van der Waals surface area contributed by atoms with Crippen molar-refractivity contribution < 1.29 is 4.79 Å². The fraction of sp³-hybridized carbons (Fsp3) is 0.0769. The SMILES string of the molecule is NC(C(=O)Nc1cccnc1)c1ccccc1. The summed E-state index contributed by atoms with van der Waals surface area (Å²) in [5.74, 6) is -0.246. The van der Waals surface area contributed by atoms with Crippen LogP contribution in [0.1, 0.15) is 11.6 Å². The van der Waals surface area contributed by atoms with Crippen LogP contribution in [0.5, 0.6) is 0 Å². The van der Waals surface area contributed by atoms with Crippen LogP contribution in [0.2, 0.25) is 0 Å². The van der Waals surface area contributed by atoms with Gasteiger partial charge in [-0.2, -0.15) is 0 Å². The number of nitrogens with two attached hydrogens (primary N) is 1. The molecule has 1 amide bonds. The van der Waals surface area contributed by atoms with E-state index in [0.29, 0.717) is 5.69 Å². The Morgan fingerprint density at radius 3 is 2.59 bits per heavy atom. The summed E-state index contributed by atoms with van der Waals surface area (Å²) in [5, 5.41) is 2.71. The molecular formula is C13H13N3O. The lowest BCUT2D eigenvalue weighted by Crippen LogP contribution is -2.27. The summed E-state index contributed by atoms with van der Waals surface area (Å²) < 4.78 is 0. The van der Waals surface area contributed by atoms with Crippen molar-refractivity contribution in [2.24, 2.45) is 5.73 Å². The van der Waals surface area contributed by atoms with Gasteiger partial charge in [0.15, 0.2) is 0 Å². The van der Waals surface area contributed by atoms with Gasteiger partial charge in [-0.1, -0.05) is 30.3 Å². The average Bonchev–Trinajstić information content (AvgIpc) is 2.40. The summed E-state index contributed by atoms with van der Waals surface area (Å²) in [5.41, 5.74) is 7.28. The number of hydrogen-bond donors (Lipinski definition) is 2. The lowest BCUT2D eigenvalue weighted by molar-refractivity contribution is -0.117. The maximum absolute atomic E-state index is 11.8. The van der Waals surface area contributed by atoms with E-state index in [0.717, 1.165) is 5.56 Å².